The molecular formula is C17H20ClF3N2O2. The first kappa shape index (κ1) is 19.6. The van der Waals surface area contributed by atoms with Crippen molar-refractivity contribution >= 4 is 23.2 Å². The number of ether oxygens (including phenoxy) is 1. The van der Waals surface area contributed by atoms with E-state index in [0.717, 1.165) is 12.3 Å². The maximum Gasteiger partial charge on any atom is 0.417 e. The van der Waals surface area contributed by atoms with Crippen molar-refractivity contribution < 1.29 is 22.7 Å². The van der Waals surface area contributed by atoms with Gasteiger partial charge in [-0.1, -0.05) is 39.3 Å². The van der Waals surface area contributed by atoms with Gasteiger partial charge >= 0.3 is 12.1 Å². The van der Waals surface area contributed by atoms with Gasteiger partial charge in [-0.25, -0.2) is 4.98 Å². The fraction of sp³-hybridized carbons (Fsp3) is 0.529. The summed E-state index contributed by atoms with van der Waals surface area (Å²) in [6.07, 6.45) is -3.36. The standard InChI is InChI=1S/C17H20ClF3N2O2/c1-9(2)5-14(24)25-8-13-15(10(3)4)22-16-12(18)6-11(7-23(13)16)17(19,20)21/h6-7,9-10H,5,8H2,1-4H3. The number of hydrogen-bond donors (Lipinski definition) is 0. The molecule has 0 radical (unpaired) electrons. The number of nitrogens with zero attached hydrogens (tertiary/aromatic N) is 2. The number of carbonyl (C=O) groups is 1. The molecule has 2 heterocycles. The molecule has 0 aliphatic carbocycles. The predicted molar refractivity (Wildman–Crippen MR) is 88.5 cm³/mol. The average molecular weight is 377 g/mol. The molecule has 25 heavy (non-hydrogen) atoms. The molecule has 2 aromatic heterocycles. The van der Waals surface area contributed by atoms with Gasteiger partial charge in [-0.2, -0.15) is 13.2 Å². The van der Waals surface area contributed by atoms with Crippen molar-refractivity contribution in [1.82, 2.24) is 9.38 Å². The largest absolute Gasteiger partial charge is 0.459 e. The molecule has 0 N–H and O–H groups in total. The van der Waals surface area contributed by atoms with Gasteiger partial charge in [0, 0.05) is 12.6 Å². The zero-order chi connectivity index (χ0) is 18.9. The number of imidazole rings is 1. The normalized spacial score (nSPS) is 12.4. The topological polar surface area (TPSA) is 43.6 Å². The molecule has 0 saturated carbocycles. The summed E-state index contributed by atoms with van der Waals surface area (Å²) in [4.78, 5) is 16.1. The molecule has 0 aromatic carbocycles. The molecule has 0 aliphatic heterocycles. The summed E-state index contributed by atoms with van der Waals surface area (Å²) in [5.74, 6) is -0.340. The lowest BCUT2D eigenvalue weighted by Gasteiger charge is -2.12. The van der Waals surface area contributed by atoms with Crippen molar-refractivity contribution in [1.29, 1.82) is 0 Å². The van der Waals surface area contributed by atoms with Gasteiger partial charge in [0.05, 0.1) is 22.0 Å². The number of carbonyl (C=O) groups excluding carboxylic acids is 1. The minimum atomic E-state index is -4.54. The molecule has 2 aromatic rings. The van der Waals surface area contributed by atoms with Crippen LogP contribution in [0.4, 0.5) is 13.2 Å². The fourth-order valence-corrected chi connectivity index (χ4v) is 2.72. The molecule has 0 unspecified atom stereocenters. The highest BCUT2D eigenvalue weighted by Crippen LogP contribution is 2.34. The third-order valence-electron chi connectivity index (χ3n) is 3.62. The van der Waals surface area contributed by atoms with Crippen LogP contribution in [0.3, 0.4) is 0 Å². The van der Waals surface area contributed by atoms with E-state index in [2.05, 4.69) is 4.98 Å². The minimum absolute atomic E-state index is 0.0656. The molecule has 0 spiro atoms. The number of hydrogen-bond acceptors (Lipinski definition) is 3. The van der Waals surface area contributed by atoms with Gasteiger partial charge in [0.25, 0.3) is 0 Å². The van der Waals surface area contributed by atoms with Crippen LogP contribution < -0.4 is 0 Å². The number of rotatable bonds is 5. The van der Waals surface area contributed by atoms with Crippen molar-refractivity contribution in [3.63, 3.8) is 0 Å². The van der Waals surface area contributed by atoms with Gasteiger partial charge in [-0.3, -0.25) is 9.20 Å². The van der Waals surface area contributed by atoms with Crippen LogP contribution in [-0.4, -0.2) is 15.4 Å². The van der Waals surface area contributed by atoms with Crippen LogP contribution in [0.5, 0.6) is 0 Å². The molecular weight excluding hydrogens is 357 g/mol. The third kappa shape index (κ3) is 4.45. The number of esters is 1. The first-order valence-corrected chi connectivity index (χ1v) is 8.31. The summed E-state index contributed by atoms with van der Waals surface area (Å²) >= 11 is 6.00. The van der Waals surface area contributed by atoms with Gasteiger partial charge in [0.1, 0.15) is 6.61 Å². The van der Waals surface area contributed by atoms with Crippen LogP contribution >= 0.6 is 11.6 Å². The van der Waals surface area contributed by atoms with E-state index < -0.39 is 17.7 Å². The summed E-state index contributed by atoms with van der Waals surface area (Å²) < 4.78 is 45.7. The number of aromatic nitrogens is 2. The second-order valence-corrected chi connectivity index (χ2v) is 7.03. The van der Waals surface area contributed by atoms with Crippen molar-refractivity contribution in [3.05, 3.63) is 34.2 Å². The van der Waals surface area contributed by atoms with E-state index in [0.29, 0.717) is 11.4 Å². The molecule has 0 bridgehead atoms. The monoisotopic (exact) mass is 376 g/mol. The van der Waals surface area contributed by atoms with Gasteiger partial charge < -0.3 is 4.74 Å². The summed E-state index contributed by atoms with van der Waals surface area (Å²) in [6, 6.07) is 0.850. The smallest absolute Gasteiger partial charge is 0.417 e. The second kappa shape index (κ2) is 7.23. The van der Waals surface area contributed by atoms with Crippen LogP contribution in [0.1, 0.15) is 57.0 Å². The number of alkyl halides is 3. The molecule has 138 valence electrons. The second-order valence-electron chi connectivity index (χ2n) is 6.63. The van der Waals surface area contributed by atoms with E-state index >= 15 is 0 Å². The molecule has 0 atom stereocenters. The Kier molecular flexibility index (Phi) is 5.66. The molecule has 0 amide bonds. The first-order chi connectivity index (χ1) is 11.5. The maximum absolute atomic E-state index is 13.1. The SMILES string of the molecule is CC(C)CC(=O)OCc1c(C(C)C)nc2c(Cl)cc(C(F)(F)F)cn12. The zero-order valence-electron chi connectivity index (χ0n) is 14.4. The predicted octanol–water partition coefficient (Wildman–Crippen LogP) is 5.22. The van der Waals surface area contributed by atoms with E-state index in [1.807, 2.05) is 27.7 Å². The van der Waals surface area contributed by atoms with Crippen molar-refractivity contribution in [2.45, 2.75) is 52.8 Å². The Morgan fingerprint density at radius 3 is 2.48 bits per heavy atom. The molecule has 0 aliphatic rings. The lowest BCUT2D eigenvalue weighted by molar-refractivity contribution is -0.146. The van der Waals surface area contributed by atoms with Gasteiger partial charge in [0.2, 0.25) is 0 Å². The van der Waals surface area contributed by atoms with Crippen molar-refractivity contribution in [2.75, 3.05) is 0 Å². The maximum atomic E-state index is 13.1. The van der Waals surface area contributed by atoms with E-state index in [-0.39, 0.29) is 35.5 Å². The van der Waals surface area contributed by atoms with Crippen LogP contribution in [0, 0.1) is 5.92 Å². The van der Waals surface area contributed by atoms with Crippen LogP contribution in [0.25, 0.3) is 5.65 Å². The number of pyridine rings is 1. The van der Waals surface area contributed by atoms with E-state index in [1.165, 1.54) is 4.40 Å². The lowest BCUT2D eigenvalue weighted by Crippen LogP contribution is -2.11. The summed E-state index contributed by atoms with van der Waals surface area (Å²) in [5.41, 5.74) is 0.286. The third-order valence-corrected chi connectivity index (χ3v) is 3.90. The highest BCUT2D eigenvalue weighted by atomic mass is 35.5. The highest BCUT2D eigenvalue weighted by Gasteiger charge is 2.32. The Bertz CT molecular complexity index is 782. The summed E-state index contributed by atoms with van der Waals surface area (Å²) in [7, 11) is 0. The van der Waals surface area contributed by atoms with Crippen molar-refractivity contribution in [2.24, 2.45) is 5.92 Å². The number of fused-ring (bicyclic) bond motifs is 1. The summed E-state index contributed by atoms with van der Waals surface area (Å²) in [6.45, 7) is 7.33. The van der Waals surface area contributed by atoms with Crippen molar-refractivity contribution in [3.8, 4) is 0 Å². The van der Waals surface area contributed by atoms with E-state index in [9.17, 15) is 18.0 Å². The fourth-order valence-electron chi connectivity index (χ4n) is 2.47. The average Bonchev–Trinajstić information content (AvgIpc) is 2.83. The Balaban J connectivity index is 2.49. The zero-order valence-corrected chi connectivity index (χ0v) is 15.2. The molecule has 8 heteroatoms. The minimum Gasteiger partial charge on any atom is -0.459 e. The highest BCUT2D eigenvalue weighted by molar-refractivity contribution is 6.33. The van der Waals surface area contributed by atoms with E-state index in [4.69, 9.17) is 16.3 Å². The number of halogens is 4. The molecule has 4 nitrogen and oxygen atoms in total. The summed E-state index contributed by atoms with van der Waals surface area (Å²) in [5, 5.41) is -0.100. The van der Waals surface area contributed by atoms with Crippen LogP contribution in [0.15, 0.2) is 12.3 Å². The molecule has 2 rings (SSSR count). The van der Waals surface area contributed by atoms with E-state index in [1.54, 1.807) is 0 Å². The lowest BCUT2D eigenvalue weighted by atomic mass is 10.1. The molecule has 0 saturated heterocycles. The Hall–Kier alpha value is -1.76. The van der Waals surface area contributed by atoms with Gasteiger partial charge in [0.15, 0.2) is 5.65 Å². The van der Waals surface area contributed by atoms with Crippen LogP contribution in [-0.2, 0) is 22.3 Å². The van der Waals surface area contributed by atoms with Gasteiger partial charge in [-0.15, -0.1) is 0 Å². The Morgan fingerprint density at radius 1 is 1.32 bits per heavy atom. The molecule has 0 fully saturated rings. The van der Waals surface area contributed by atoms with Gasteiger partial charge in [-0.05, 0) is 17.9 Å². The quantitative estimate of drug-likeness (QED) is 0.672. The first-order valence-electron chi connectivity index (χ1n) is 7.93. The Labute approximate surface area is 148 Å². The Morgan fingerprint density at radius 2 is 1.96 bits per heavy atom. The van der Waals surface area contributed by atoms with Crippen LogP contribution in [0.2, 0.25) is 5.02 Å².